The van der Waals surface area contributed by atoms with Crippen LogP contribution >= 0.6 is 0 Å². The average Bonchev–Trinajstić information content (AvgIpc) is 3.03. The number of aromatic nitrogens is 2. The van der Waals surface area contributed by atoms with Gasteiger partial charge >= 0.3 is 0 Å². The van der Waals surface area contributed by atoms with E-state index in [2.05, 4.69) is 10.2 Å². The van der Waals surface area contributed by atoms with E-state index < -0.39 is 21.5 Å². The van der Waals surface area contributed by atoms with Gasteiger partial charge in [0.25, 0.3) is 0 Å². The van der Waals surface area contributed by atoms with Gasteiger partial charge in [-0.05, 0) is 30.5 Å². The molecule has 1 atom stereocenters. The van der Waals surface area contributed by atoms with E-state index in [4.69, 9.17) is 9.15 Å². The molecule has 0 amide bonds. The Labute approximate surface area is 151 Å². The summed E-state index contributed by atoms with van der Waals surface area (Å²) in [6, 6.07) is 6.46. The summed E-state index contributed by atoms with van der Waals surface area (Å²) in [6.45, 7) is 0.724. The van der Waals surface area contributed by atoms with E-state index in [1.807, 2.05) is 6.07 Å². The second-order valence-corrected chi connectivity index (χ2v) is 8.85. The maximum Gasteiger partial charge on any atom is 0.246 e. The van der Waals surface area contributed by atoms with Gasteiger partial charge < -0.3 is 9.15 Å². The van der Waals surface area contributed by atoms with Crippen molar-refractivity contribution < 1.29 is 22.0 Å². The summed E-state index contributed by atoms with van der Waals surface area (Å²) < 4.78 is 50.1. The minimum absolute atomic E-state index is 0.146. The molecule has 0 unspecified atom stereocenters. The smallest absolute Gasteiger partial charge is 0.246 e. The highest BCUT2D eigenvalue weighted by molar-refractivity contribution is 7.88. The van der Waals surface area contributed by atoms with Gasteiger partial charge in [-0.3, -0.25) is 0 Å². The zero-order valence-corrected chi connectivity index (χ0v) is 15.2. The summed E-state index contributed by atoms with van der Waals surface area (Å²) in [5.74, 6) is 0.397. The first-order valence-electron chi connectivity index (χ1n) is 8.55. The van der Waals surface area contributed by atoms with Crippen molar-refractivity contribution in [1.29, 1.82) is 0 Å². The van der Waals surface area contributed by atoms with Crippen molar-refractivity contribution in [3.63, 3.8) is 0 Å². The van der Waals surface area contributed by atoms with Crippen LogP contribution in [-0.2, 0) is 20.2 Å². The van der Waals surface area contributed by atoms with Gasteiger partial charge in [-0.1, -0.05) is 18.6 Å². The zero-order chi connectivity index (χ0) is 18.4. The van der Waals surface area contributed by atoms with Crippen LogP contribution in [0.5, 0.6) is 0 Å². The summed E-state index contributed by atoms with van der Waals surface area (Å²) in [5.41, 5.74) is 0.347. The molecule has 2 aliphatic rings. The highest BCUT2D eigenvalue weighted by Crippen LogP contribution is 2.48. The monoisotopic (exact) mass is 381 g/mol. The third-order valence-corrected chi connectivity index (χ3v) is 6.48. The van der Waals surface area contributed by atoms with Gasteiger partial charge in [-0.2, -0.15) is 4.31 Å². The van der Waals surface area contributed by atoms with Crippen LogP contribution in [0.25, 0.3) is 0 Å². The molecule has 0 spiro atoms. The molecule has 140 valence electrons. The number of rotatable bonds is 4. The summed E-state index contributed by atoms with van der Waals surface area (Å²) in [7, 11) is -3.31. The van der Waals surface area contributed by atoms with E-state index in [1.165, 1.54) is 22.7 Å². The predicted molar refractivity (Wildman–Crippen MR) is 90.4 cm³/mol. The van der Waals surface area contributed by atoms with Crippen LogP contribution in [0.15, 0.2) is 28.7 Å². The molecule has 0 N–H and O–H groups in total. The Morgan fingerprint density at radius 1 is 1.31 bits per heavy atom. The Bertz CT molecular complexity index is 910. The lowest BCUT2D eigenvalue weighted by molar-refractivity contribution is -0.0184. The fourth-order valence-electron chi connectivity index (χ4n) is 3.58. The number of hydrogen-bond acceptors (Lipinski definition) is 6. The highest BCUT2D eigenvalue weighted by atomic mass is 32.2. The number of morpholine rings is 1. The van der Waals surface area contributed by atoms with Gasteiger partial charge in [0.1, 0.15) is 11.9 Å². The Hall–Kier alpha value is -1.84. The average molecular weight is 381 g/mol. The van der Waals surface area contributed by atoms with Gasteiger partial charge in [0, 0.05) is 13.1 Å². The fourth-order valence-corrected chi connectivity index (χ4v) is 4.39. The van der Waals surface area contributed by atoms with Gasteiger partial charge in [0.05, 0.1) is 18.3 Å². The Morgan fingerprint density at radius 2 is 2.12 bits per heavy atom. The minimum Gasteiger partial charge on any atom is -0.421 e. The fraction of sp³-hybridized carbons (Fsp3) is 0.529. The Kier molecular flexibility index (Phi) is 4.32. The molecule has 7 nitrogen and oxygen atoms in total. The van der Waals surface area contributed by atoms with E-state index in [-0.39, 0.29) is 24.9 Å². The topological polar surface area (TPSA) is 85.5 Å². The number of halogens is 1. The van der Waals surface area contributed by atoms with E-state index in [0.29, 0.717) is 12.4 Å². The molecule has 0 bridgehead atoms. The van der Waals surface area contributed by atoms with Crippen molar-refractivity contribution in [1.82, 2.24) is 14.5 Å². The van der Waals surface area contributed by atoms with Crippen LogP contribution in [0, 0.1) is 5.82 Å². The first kappa shape index (κ1) is 17.6. The molecular weight excluding hydrogens is 361 g/mol. The van der Waals surface area contributed by atoms with Gasteiger partial charge in [0.15, 0.2) is 0 Å². The molecule has 9 heteroatoms. The summed E-state index contributed by atoms with van der Waals surface area (Å²) in [4.78, 5) is 0. The molecule has 26 heavy (non-hydrogen) atoms. The molecule has 2 heterocycles. The lowest BCUT2D eigenvalue weighted by Gasteiger charge is -2.39. The molecule has 0 radical (unpaired) electrons. The summed E-state index contributed by atoms with van der Waals surface area (Å²) in [5, 5.41) is 8.29. The largest absolute Gasteiger partial charge is 0.421 e. The number of benzene rings is 1. The molecule has 1 saturated heterocycles. The first-order valence-corrected chi connectivity index (χ1v) is 10.4. The lowest BCUT2D eigenvalue weighted by atomic mass is 9.64. The normalized spacial score (nSPS) is 23.5. The van der Waals surface area contributed by atoms with Crippen molar-refractivity contribution in [2.75, 3.05) is 26.0 Å². The zero-order valence-electron chi connectivity index (χ0n) is 14.4. The molecular formula is C17H20FN3O4S. The van der Waals surface area contributed by atoms with Gasteiger partial charge in [-0.25, -0.2) is 12.8 Å². The van der Waals surface area contributed by atoms with E-state index in [1.54, 1.807) is 6.07 Å². The van der Waals surface area contributed by atoms with Crippen molar-refractivity contribution >= 4 is 10.0 Å². The van der Waals surface area contributed by atoms with Crippen molar-refractivity contribution in [3.8, 4) is 0 Å². The maximum atomic E-state index is 13.7. The molecule has 1 aliphatic heterocycles. The summed E-state index contributed by atoms with van der Waals surface area (Å²) >= 11 is 0. The van der Waals surface area contributed by atoms with Crippen LogP contribution in [0.3, 0.4) is 0 Å². The number of hydrogen-bond donors (Lipinski definition) is 0. The SMILES string of the molecule is CS(=O)(=O)N1CCO[C@H](c2nnc(C3(c4cccc(F)c4)CCC3)o2)C1. The van der Waals surface area contributed by atoms with Gasteiger partial charge in [-0.15, -0.1) is 10.2 Å². The van der Waals surface area contributed by atoms with Crippen molar-refractivity contribution in [3.05, 3.63) is 47.4 Å². The van der Waals surface area contributed by atoms with E-state index in [0.717, 1.165) is 24.8 Å². The lowest BCUT2D eigenvalue weighted by Crippen LogP contribution is -2.41. The van der Waals surface area contributed by atoms with Crippen LogP contribution in [0.4, 0.5) is 4.39 Å². The molecule has 2 fully saturated rings. The van der Waals surface area contributed by atoms with Crippen molar-refractivity contribution in [2.24, 2.45) is 0 Å². The number of sulfonamides is 1. The minimum atomic E-state index is -3.31. The quantitative estimate of drug-likeness (QED) is 0.805. The second kappa shape index (κ2) is 6.40. The third kappa shape index (κ3) is 3.04. The van der Waals surface area contributed by atoms with Gasteiger partial charge in [0.2, 0.25) is 21.8 Å². The third-order valence-electron chi connectivity index (χ3n) is 5.21. The number of ether oxygens (including phenoxy) is 1. The molecule has 1 aliphatic carbocycles. The summed E-state index contributed by atoms with van der Waals surface area (Å²) in [6.07, 6.45) is 3.18. The maximum absolute atomic E-state index is 13.7. The van der Waals surface area contributed by atoms with Crippen LogP contribution < -0.4 is 0 Å². The van der Waals surface area contributed by atoms with E-state index in [9.17, 15) is 12.8 Å². The second-order valence-electron chi connectivity index (χ2n) is 6.87. The standard InChI is InChI=1S/C17H20FN3O4S/c1-26(22,23)21-8-9-24-14(11-21)15-19-20-16(25-15)17(6-3-7-17)12-4-2-5-13(18)10-12/h2,4-5,10,14H,3,6-9,11H2,1H3/t14-/m0/s1. The molecule has 2 aromatic rings. The predicted octanol–water partition coefficient (Wildman–Crippen LogP) is 2.01. The van der Waals surface area contributed by atoms with Crippen LogP contribution in [-0.4, -0.2) is 48.9 Å². The van der Waals surface area contributed by atoms with E-state index >= 15 is 0 Å². The number of nitrogens with zero attached hydrogens (tertiary/aromatic N) is 3. The first-order chi connectivity index (χ1) is 12.4. The van der Waals surface area contributed by atoms with Crippen LogP contribution in [0.1, 0.15) is 42.7 Å². The molecule has 1 aromatic heterocycles. The van der Waals surface area contributed by atoms with Crippen molar-refractivity contribution in [2.45, 2.75) is 30.8 Å². The molecule has 4 rings (SSSR count). The Balaban J connectivity index is 1.61. The molecule has 1 aromatic carbocycles. The molecule has 1 saturated carbocycles. The van der Waals surface area contributed by atoms with Crippen LogP contribution in [0.2, 0.25) is 0 Å². The highest BCUT2D eigenvalue weighted by Gasteiger charge is 2.46. The Morgan fingerprint density at radius 3 is 2.77 bits per heavy atom.